The molecule has 0 saturated heterocycles. The van der Waals surface area contributed by atoms with E-state index in [4.69, 9.17) is 0 Å². The molecule has 0 amide bonds. The number of carbonyl (C=O) groups is 1. The number of hydrogen-bond acceptors (Lipinski definition) is 5. The molecule has 94 valence electrons. The first-order valence-corrected chi connectivity index (χ1v) is 6.41. The molecule has 0 aliphatic carbocycles. The summed E-state index contributed by atoms with van der Waals surface area (Å²) in [6.45, 7) is 3.34. The average Bonchev–Trinajstić information content (AvgIpc) is 2.28. The number of thioether (sulfide) groups is 1. The number of carbonyl (C=O) groups excluding carboxylic acids is 1. The van der Waals surface area contributed by atoms with E-state index in [-0.39, 0.29) is 5.12 Å². The van der Waals surface area contributed by atoms with Crippen LogP contribution in [0.25, 0.3) is 0 Å². The summed E-state index contributed by atoms with van der Waals surface area (Å²) in [4.78, 5) is 14.7. The van der Waals surface area contributed by atoms with Crippen molar-refractivity contribution in [3.63, 3.8) is 0 Å². The van der Waals surface area contributed by atoms with Crippen molar-refractivity contribution in [2.45, 2.75) is 32.5 Å². The van der Waals surface area contributed by atoms with Crippen LogP contribution in [0.3, 0.4) is 0 Å². The second-order valence-electron chi connectivity index (χ2n) is 3.87. The van der Waals surface area contributed by atoms with Crippen molar-refractivity contribution < 1.29 is 15.0 Å². The molecule has 0 aromatic carbocycles. The quantitative estimate of drug-likeness (QED) is 0.833. The van der Waals surface area contributed by atoms with Crippen LogP contribution in [-0.2, 0) is 4.79 Å². The Morgan fingerprint density at radius 1 is 1.53 bits per heavy atom. The molecule has 0 aliphatic heterocycles. The van der Waals surface area contributed by atoms with Gasteiger partial charge in [-0.05, 0) is 25.0 Å². The van der Waals surface area contributed by atoms with Crippen LogP contribution >= 0.6 is 11.8 Å². The Balaban J connectivity index is 2.55. The maximum atomic E-state index is 10.7. The molecular formula is C12H17NO3S. The van der Waals surface area contributed by atoms with Crippen LogP contribution in [0.15, 0.2) is 18.5 Å². The summed E-state index contributed by atoms with van der Waals surface area (Å²) >= 11 is 1.15. The minimum Gasteiger partial charge on any atom is -0.390 e. The monoisotopic (exact) mass is 255 g/mol. The molecule has 2 atom stereocenters. The molecule has 2 N–H and O–H groups in total. The van der Waals surface area contributed by atoms with Gasteiger partial charge in [-0.1, -0.05) is 11.8 Å². The van der Waals surface area contributed by atoms with E-state index in [1.165, 1.54) is 6.92 Å². The third-order valence-electron chi connectivity index (χ3n) is 2.48. The third kappa shape index (κ3) is 4.46. The Labute approximate surface area is 105 Å². The predicted octanol–water partition coefficient (Wildman–Crippen LogP) is 1.45. The second kappa shape index (κ2) is 6.74. The standard InChI is InChI=1S/C12H17NO3S/c1-8-3-5-13-7-10(8)12(16)11(15)4-6-17-9(2)14/h3,5,7,11-12,15-16H,4,6H2,1-2H3. The number of aryl methyl sites for hydroxylation is 1. The van der Waals surface area contributed by atoms with E-state index in [2.05, 4.69) is 4.98 Å². The highest BCUT2D eigenvalue weighted by atomic mass is 32.2. The lowest BCUT2D eigenvalue weighted by Crippen LogP contribution is -2.20. The lowest BCUT2D eigenvalue weighted by atomic mass is 10.0. The van der Waals surface area contributed by atoms with Gasteiger partial charge in [0, 0.05) is 30.6 Å². The third-order valence-corrected chi connectivity index (χ3v) is 3.33. The first kappa shape index (κ1) is 14.2. The van der Waals surface area contributed by atoms with Gasteiger partial charge in [0.05, 0.1) is 6.10 Å². The van der Waals surface area contributed by atoms with Crippen molar-refractivity contribution in [2.24, 2.45) is 0 Å². The van der Waals surface area contributed by atoms with E-state index < -0.39 is 12.2 Å². The lowest BCUT2D eigenvalue weighted by Gasteiger charge is -2.19. The fourth-order valence-corrected chi connectivity index (χ4v) is 2.12. The Bertz CT molecular complexity index is 384. The van der Waals surface area contributed by atoms with Gasteiger partial charge in [0.15, 0.2) is 5.12 Å². The summed E-state index contributed by atoms with van der Waals surface area (Å²) in [5.41, 5.74) is 1.53. The normalized spacial score (nSPS) is 14.4. The molecule has 1 rings (SSSR count). The van der Waals surface area contributed by atoms with E-state index in [0.717, 1.165) is 17.3 Å². The SMILES string of the molecule is CC(=O)SCCC(O)C(O)c1cnccc1C. The molecule has 0 fully saturated rings. The van der Waals surface area contributed by atoms with Crippen LogP contribution in [0.1, 0.15) is 30.6 Å². The number of hydrogen-bond donors (Lipinski definition) is 2. The van der Waals surface area contributed by atoms with Gasteiger partial charge in [-0.2, -0.15) is 0 Å². The summed E-state index contributed by atoms with van der Waals surface area (Å²) in [5.74, 6) is 0.507. The number of rotatable bonds is 5. The van der Waals surface area contributed by atoms with Gasteiger partial charge in [0.1, 0.15) is 6.10 Å². The van der Waals surface area contributed by atoms with Crippen molar-refractivity contribution >= 4 is 16.9 Å². The van der Waals surface area contributed by atoms with Gasteiger partial charge in [-0.3, -0.25) is 9.78 Å². The van der Waals surface area contributed by atoms with E-state index in [0.29, 0.717) is 17.7 Å². The van der Waals surface area contributed by atoms with Crippen LogP contribution in [0.4, 0.5) is 0 Å². The fraction of sp³-hybridized carbons (Fsp3) is 0.500. The van der Waals surface area contributed by atoms with Crippen molar-refractivity contribution in [1.82, 2.24) is 4.98 Å². The fourth-order valence-electron chi connectivity index (χ4n) is 1.47. The largest absolute Gasteiger partial charge is 0.390 e. The van der Waals surface area contributed by atoms with E-state index in [1.54, 1.807) is 18.5 Å². The van der Waals surface area contributed by atoms with Gasteiger partial charge < -0.3 is 10.2 Å². The molecule has 1 aromatic heterocycles. The van der Waals surface area contributed by atoms with Gasteiger partial charge in [0.2, 0.25) is 0 Å². The van der Waals surface area contributed by atoms with E-state index in [1.807, 2.05) is 6.92 Å². The number of pyridine rings is 1. The van der Waals surface area contributed by atoms with Crippen LogP contribution in [0.2, 0.25) is 0 Å². The molecule has 17 heavy (non-hydrogen) atoms. The van der Waals surface area contributed by atoms with Crippen molar-refractivity contribution in [3.8, 4) is 0 Å². The summed E-state index contributed by atoms with van der Waals surface area (Å²) in [5, 5.41) is 19.8. The Hall–Kier alpha value is -0.910. The maximum Gasteiger partial charge on any atom is 0.185 e. The Morgan fingerprint density at radius 3 is 2.82 bits per heavy atom. The molecular weight excluding hydrogens is 238 g/mol. The molecule has 0 radical (unpaired) electrons. The van der Waals surface area contributed by atoms with Crippen LogP contribution in [0.5, 0.6) is 0 Å². The second-order valence-corrected chi connectivity index (χ2v) is 5.15. The molecule has 0 spiro atoms. The zero-order chi connectivity index (χ0) is 12.8. The molecule has 5 heteroatoms. The first-order chi connectivity index (χ1) is 8.02. The topological polar surface area (TPSA) is 70.4 Å². The van der Waals surface area contributed by atoms with Crippen LogP contribution in [0, 0.1) is 6.92 Å². The highest BCUT2D eigenvalue weighted by molar-refractivity contribution is 8.13. The summed E-state index contributed by atoms with van der Waals surface area (Å²) in [7, 11) is 0. The summed E-state index contributed by atoms with van der Waals surface area (Å²) in [6.07, 6.45) is 1.76. The minimum absolute atomic E-state index is 0.0178. The number of aromatic nitrogens is 1. The van der Waals surface area contributed by atoms with Crippen molar-refractivity contribution in [2.75, 3.05) is 5.75 Å². The van der Waals surface area contributed by atoms with Crippen molar-refractivity contribution in [3.05, 3.63) is 29.6 Å². The smallest absolute Gasteiger partial charge is 0.185 e. The van der Waals surface area contributed by atoms with Crippen LogP contribution in [-0.4, -0.2) is 32.2 Å². The Morgan fingerprint density at radius 2 is 2.24 bits per heavy atom. The number of aliphatic hydroxyl groups is 2. The Kier molecular flexibility index (Phi) is 5.61. The van der Waals surface area contributed by atoms with Gasteiger partial charge in [-0.15, -0.1) is 0 Å². The molecule has 1 aromatic rings. The predicted molar refractivity (Wildman–Crippen MR) is 67.7 cm³/mol. The van der Waals surface area contributed by atoms with Gasteiger partial charge in [0.25, 0.3) is 0 Å². The van der Waals surface area contributed by atoms with Gasteiger partial charge >= 0.3 is 0 Å². The molecule has 0 bridgehead atoms. The van der Waals surface area contributed by atoms with E-state index in [9.17, 15) is 15.0 Å². The molecule has 4 nitrogen and oxygen atoms in total. The van der Waals surface area contributed by atoms with Gasteiger partial charge in [-0.25, -0.2) is 0 Å². The van der Waals surface area contributed by atoms with Crippen LogP contribution < -0.4 is 0 Å². The maximum absolute atomic E-state index is 10.7. The first-order valence-electron chi connectivity index (χ1n) is 5.42. The highest BCUT2D eigenvalue weighted by Crippen LogP contribution is 2.22. The molecule has 1 heterocycles. The lowest BCUT2D eigenvalue weighted by molar-refractivity contribution is -0.109. The average molecular weight is 255 g/mol. The summed E-state index contributed by atoms with van der Waals surface area (Å²) < 4.78 is 0. The highest BCUT2D eigenvalue weighted by Gasteiger charge is 2.20. The molecule has 0 saturated carbocycles. The summed E-state index contributed by atoms with van der Waals surface area (Å²) in [6, 6.07) is 1.79. The minimum atomic E-state index is -0.948. The zero-order valence-corrected chi connectivity index (χ0v) is 10.8. The zero-order valence-electron chi connectivity index (χ0n) is 9.96. The number of aliphatic hydroxyl groups excluding tert-OH is 2. The van der Waals surface area contributed by atoms with Crippen molar-refractivity contribution in [1.29, 1.82) is 0 Å². The van der Waals surface area contributed by atoms with E-state index >= 15 is 0 Å². The number of nitrogens with zero attached hydrogens (tertiary/aromatic N) is 1. The molecule has 2 unspecified atom stereocenters. The molecule has 0 aliphatic rings.